The van der Waals surface area contributed by atoms with Crippen molar-refractivity contribution in [1.82, 2.24) is 4.90 Å². The van der Waals surface area contributed by atoms with Crippen molar-refractivity contribution in [2.45, 2.75) is 0 Å². The van der Waals surface area contributed by atoms with Gasteiger partial charge in [0.05, 0.1) is 22.3 Å². The first-order valence-electron chi connectivity index (χ1n) is 5.23. The SMILES string of the molecule is O=C(CN1CCOC1=O)Nc1cccc(Cl)c1Cl. The number of anilines is 1. The van der Waals surface area contributed by atoms with Crippen LogP contribution < -0.4 is 5.32 Å². The number of carbonyl (C=O) groups excluding carboxylic acids is 2. The number of halogens is 2. The van der Waals surface area contributed by atoms with Crippen LogP contribution in [0, 0.1) is 0 Å². The van der Waals surface area contributed by atoms with Crippen molar-refractivity contribution in [3.05, 3.63) is 28.2 Å². The van der Waals surface area contributed by atoms with E-state index in [0.29, 0.717) is 23.9 Å². The van der Waals surface area contributed by atoms with E-state index in [1.807, 2.05) is 0 Å². The molecule has 0 aliphatic carbocycles. The van der Waals surface area contributed by atoms with Gasteiger partial charge in [-0.15, -0.1) is 0 Å². The molecule has 0 atom stereocenters. The summed E-state index contributed by atoms with van der Waals surface area (Å²) in [6, 6.07) is 4.93. The molecule has 2 amide bonds. The smallest absolute Gasteiger partial charge is 0.410 e. The Balaban J connectivity index is 1.99. The summed E-state index contributed by atoms with van der Waals surface area (Å²) in [5.74, 6) is -0.349. The molecule has 1 N–H and O–H groups in total. The van der Waals surface area contributed by atoms with E-state index >= 15 is 0 Å². The van der Waals surface area contributed by atoms with E-state index in [9.17, 15) is 9.59 Å². The van der Waals surface area contributed by atoms with Crippen LogP contribution >= 0.6 is 23.2 Å². The molecule has 0 saturated carbocycles. The number of benzene rings is 1. The molecule has 1 aromatic carbocycles. The van der Waals surface area contributed by atoms with Crippen LogP contribution in [-0.4, -0.2) is 36.6 Å². The number of ether oxygens (including phenoxy) is 1. The zero-order valence-electron chi connectivity index (χ0n) is 9.28. The van der Waals surface area contributed by atoms with Crippen LogP contribution in [0.15, 0.2) is 18.2 Å². The average molecular weight is 289 g/mol. The molecule has 0 aromatic heterocycles. The first-order chi connectivity index (χ1) is 8.58. The Hall–Kier alpha value is -1.46. The van der Waals surface area contributed by atoms with Crippen molar-refractivity contribution in [2.24, 2.45) is 0 Å². The average Bonchev–Trinajstić information content (AvgIpc) is 2.71. The molecule has 1 fully saturated rings. The third-order valence-corrected chi connectivity index (χ3v) is 3.22. The van der Waals surface area contributed by atoms with Crippen LogP contribution in [0.25, 0.3) is 0 Å². The molecule has 7 heteroatoms. The summed E-state index contributed by atoms with van der Waals surface area (Å²) in [6.45, 7) is 0.654. The first kappa shape index (κ1) is 13.0. The summed E-state index contributed by atoms with van der Waals surface area (Å²) >= 11 is 11.8. The van der Waals surface area contributed by atoms with Gasteiger partial charge in [-0.3, -0.25) is 9.69 Å². The summed E-state index contributed by atoms with van der Waals surface area (Å²) in [5.41, 5.74) is 0.418. The number of rotatable bonds is 3. The normalized spacial score (nSPS) is 14.6. The van der Waals surface area contributed by atoms with E-state index in [1.165, 1.54) is 4.90 Å². The molecule has 0 spiro atoms. The molecular weight excluding hydrogens is 279 g/mol. The number of nitrogens with one attached hydrogen (secondary N) is 1. The molecule has 1 saturated heterocycles. The molecule has 0 radical (unpaired) electrons. The Labute approximate surface area is 114 Å². The maximum Gasteiger partial charge on any atom is 0.410 e. The second-order valence-electron chi connectivity index (χ2n) is 3.69. The van der Waals surface area contributed by atoms with Gasteiger partial charge < -0.3 is 10.1 Å². The molecule has 5 nitrogen and oxygen atoms in total. The van der Waals surface area contributed by atoms with Gasteiger partial charge in [-0.2, -0.15) is 0 Å². The zero-order chi connectivity index (χ0) is 13.1. The maximum absolute atomic E-state index is 11.7. The van der Waals surface area contributed by atoms with E-state index < -0.39 is 6.09 Å². The van der Waals surface area contributed by atoms with E-state index in [4.69, 9.17) is 27.9 Å². The lowest BCUT2D eigenvalue weighted by Crippen LogP contribution is -2.33. The topological polar surface area (TPSA) is 58.6 Å². The largest absolute Gasteiger partial charge is 0.448 e. The van der Waals surface area contributed by atoms with Crippen molar-refractivity contribution in [1.29, 1.82) is 0 Å². The lowest BCUT2D eigenvalue weighted by atomic mass is 10.3. The predicted octanol–water partition coefficient (Wildman–Crippen LogP) is 2.38. The minimum Gasteiger partial charge on any atom is -0.448 e. The van der Waals surface area contributed by atoms with E-state index in [0.717, 1.165) is 0 Å². The van der Waals surface area contributed by atoms with Crippen LogP contribution in [0.1, 0.15) is 0 Å². The summed E-state index contributed by atoms with van der Waals surface area (Å²) in [5, 5.41) is 3.22. The van der Waals surface area contributed by atoms with Crippen molar-refractivity contribution >= 4 is 40.9 Å². The fraction of sp³-hybridized carbons (Fsp3) is 0.273. The number of cyclic esters (lactones) is 1. The summed E-state index contributed by atoms with van der Waals surface area (Å²) < 4.78 is 4.72. The highest BCUT2D eigenvalue weighted by Crippen LogP contribution is 2.29. The summed E-state index contributed by atoms with van der Waals surface area (Å²) in [4.78, 5) is 24.2. The Kier molecular flexibility index (Phi) is 3.93. The number of hydrogen-bond acceptors (Lipinski definition) is 3. The Bertz CT molecular complexity index is 493. The number of nitrogens with zero attached hydrogens (tertiary/aromatic N) is 1. The maximum atomic E-state index is 11.7. The van der Waals surface area contributed by atoms with Crippen molar-refractivity contribution < 1.29 is 14.3 Å². The lowest BCUT2D eigenvalue weighted by Gasteiger charge is -2.13. The van der Waals surface area contributed by atoms with Gasteiger partial charge in [0.1, 0.15) is 13.2 Å². The van der Waals surface area contributed by atoms with Crippen molar-refractivity contribution in [3.8, 4) is 0 Å². The van der Waals surface area contributed by atoms with Gasteiger partial charge in [-0.1, -0.05) is 29.3 Å². The highest BCUT2D eigenvalue weighted by Gasteiger charge is 2.24. The number of amides is 2. The monoisotopic (exact) mass is 288 g/mol. The van der Waals surface area contributed by atoms with E-state index in [-0.39, 0.29) is 17.5 Å². The molecule has 1 heterocycles. The Morgan fingerprint density at radius 3 is 2.89 bits per heavy atom. The Morgan fingerprint density at radius 1 is 1.44 bits per heavy atom. The van der Waals surface area contributed by atoms with Gasteiger partial charge in [0.2, 0.25) is 5.91 Å². The van der Waals surface area contributed by atoms with Crippen molar-refractivity contribution in [2.75, 3.05) is 25.0 Å². The van der Waals surface area contributed by atoms with Crippen LogP contribution in [0.5, 0.6) is 0 Å². The highest BCUT2D eigenvalue weighted by molar-refractivity contribution is 6.44. The van der Waals surface area contributed by atoms with E-state index in [1.54, 1.807) is 18.2 Å². The predicted molar refractivity (Wildman–Crippen MR) is 68.0 cm³/mol. The van der Waals surface area contributed by atoms with Crippen LogP contribution in [0.4, 0.5) is 10.5 Å². The molecule has 1 aliphatic rings. The molecule has 1 aliphatic heterocycles. The van der Waals surface area contributed by atoms with Gasteiger partial charge >= 0.3 is 6.09 Å². The second kappa shape index (κ2) is 5.46. The molecule has 2 rings (SSSR count). The van der Waals surface area contributed by atoms with Crippen LogP contribution in [0.3, 0.4) is 0 Å². The quantitative estimate of drug-likeness (QED) is 0.929. The van der Waals surface area contributed by atoms with Gasteiger partial charge in [0, 0.05) is 0 Å². The van der Waals surface area contributed by atoms with Gasteiger partial charge in [-0.05, 0) is 12.1 Å². The third kappa shape index (κ3) is 2.86. The lowest BCUT2D eigenvalue weighted by molar-refractivity contribution is -0.116. The van der Waals surface area contributed by atoms with Gasteiger partial charge in [0.25, 0.3) is 0 Å². The second-order valence-corrected chi connectivity index (χ2v) is 4.47. The summed E-state index contributed by atoms with van der Waals surface area (Å²) in [6.07, 6.45) is -0.484. The molecule has 96 valence electrons. The molecular formula is C11H10Cl2N2O3. The number of hydrogen-bond donors (Lipinski definition) is 1. The summed E-state index contributed by atoms with van der Waals surface area (Å²) in [7, 11) is 0. The zero-order valence-corrected chi connectivity index (χ0v) is 10.8. The molecule has 1 aromatic rings. The van der Waals surface area contributed by atoms with Crippen molar-refractivity contribution in [3.63, 3.8) is 0 Å². The third-order valence-electron chi connectivity index (χ3n) is 2.41. The fourth-order valence-electron chi connectivity index (χ4n) is 1.53. The first-order valence-corrected chi connectivity index (χ1v) is 5.99. The molecule has 18 heavy (non-hydrogen) atoms. The molecule has 0 bridgehead atoms. The van der Waals surface area contributed by atoms with Gasteiger partial charge in [-0.25, -0.2) is 4.79 Å². The van der Waals surface area contributed by atoms with Gasteiger partial charge in [0.15, 0.2) is 0 Å². The minimum atomic E-state index is -0.484. The molecule has 0 unspecified atom stereocenters. The fourth-order valence-corrected chi connectivity index (χ4v) is 1.88. The number of carbonyl (C=O) groups is 2. The minimum absolute atomic E-state index is 0.0678. The van der Waals surface area contributed by atoms with E-state index in [2.05, 4.69) is 5.32 Å². The highest BCUT2D eigenvalue weighted by atomic mass is 35.5. The Morgan fingerprint density at radius 2 is 2.22 bits per heavy atom. The standard InChI is InChI=1S/C11H10Cl2N2O3/c12-7-2-1-3-8(10(7)13)14-9(16)6-15-4-5-18-11(15)17/h1-3H,4-6H2,(H,14,16). The van der Waals surface area contributed by atoms with Crippen LogP contribution in [-0.2, 0) is 9.53 Å². The van der Waals surface area contributed by atoms with Crippen LogP contribution in [0.2, 0.25) is 10.0 Å².